The second-order valence-electron chi connectivity index (χ2n) is 3.29. The van der Waals surface area contributed by atoms with Crippen molar-refractivity contribution in [3.05, 3.63) is 29.6 Å². The van der Waals surface area contributed by atoms with Gasteiger partial charge in [-0.1, -0.05) is 6.07 Å². The molecule has 0 aliphatic heterocycles. The predicted molar refractivity (Wildman–Crippen MR) is 59.2 cm³/mol. The van der Waals surface area contributed by atoms with Gasteiger partial charge in [-0.25, -0.2) is 13.2 Å². The SMILES string of the molecule is COc1cc([C@@H](N)C(F)(F)CO)ccc1F.Cl. The molecule has 3 nitrogen and oxygen atoms in total. The second-order valence-corrected chi connectivity index (χ2v) is 3.29. The predicted octanol–water partition coefficient (Wildman–Crippen LogP) is 1.88. The Morgan fingerprint density at radius 2 is 2.06 bits per heavy atom. The van der Waals surface area contributed by atoms with E-state index in [0.717, 1.165) is 18.2 Å². The third-order valence-corrected chi connectivity index (χ3v) is 2.20. The van der Waals surface area contributed by atoms with Crippen LogP contribution in [0.3, 0.4) is 0 Å². The first-order valence-electron chi connectivity index (χ1n) is 4.50. The van der Waals surface area contributed by atoms with E-state index in [0.29, 0.717) is 0 Å². The first kappa shape index (κ1) is 16.0. The molecule has 0 saturated carbocycles. The topological polar surface area (TPSA) is 55.5 Å². The van der Waals surface area contributed by atoms with Crippen molar-refractivity contribution >= 4 is 12.4 Å². The van der Waals surface area contributed by atoms with Gasteiger partial charge in [-0.05, 0) is 17.7 Å². The molecule has 0 radical (unpaired) electrons. The summed E-state index contributed by atoms with van der Waals surface area (Å²) in [5.74, 6) is -4.28. The van der Waals surface area contributed by atoms with E-state index < -0.39 is 24.4 Å². The van der Waals surface area contributed by atoms with E-state index in [2.05, 4.69) is 4.74 Å². The Balaban J connectivity index is 0.00000256. The zero-order valence-electron chi connectivity index (χ0n) is 8.99. The number of benzene rings is 1. The lowest BCUT2D eigenvalue weighted by Crippen LogP contribution is -2.36. The first-order valence-corrected chi connectivity index (χ1v) is 4.50. The number of methoxy groups -OCH3 is 1. The van der Waals surface area contributed by atoms with Crippen molar-refractivity contribution in [3.8, 4) is 5.75 Å². The molecular weight excluding hydrogens is 259 g/mol. The summed E-state index contributed by atoms with van der Waals surface area (Å²) in [5.41, 5.74) is 5.27. The molecule has 0 amide bonds. The van der Waals surface area contributed by atoms with E-state index in [9.17, 15) is 13.2 Å². The summed E-state index contributed by atoms with van der Waals surface area (Å²) in [4.78, 5) is 0. The number of ether oxygens (including phenoxy) is 1. The molecule has 0 aromatic heterocycles. The lowest BCUT2D eigenvalue weighted by Gasteiger charge is -2.22. The van der Waals surface area contributed by atoms with Gasteiger partial charge in [0.1, 0.15) is 6.61 Å². The van der Waals surface area contributed by atoms with Crippen LogP contribution >= 0.6 is 12.4 Å². The van der Waals surface area contributed by atoms with Crippen molar-refractivity contribution in [2.75, 3.05) is 13.7 Å². The van der Waals surface area contributed by atoms with Crippen molar-refractivity contribution in [2.24, 2.45) is 5.73 Å². The monoisotopic (exact) mass is 271 g/mol. The average molecular weight is 272 g/mol. The number of hydrogen-bond acceptors (Lipinski definition) is 3. The van der Waals surface area contributed by atoms with E-state index >= 15 is 0 Å². The van der Waals surface area contributed by atoms with Crippen LogP contribution in [0.4, 0.5) is 13.2 Å². The minimum absolute atomic E-state index is 0. The van der Waals surface area contributed by atoms with Gasteiger partial charge in [0.25, 0.3) is 5.92 Å². The smallest absolute Gasteiger partial charge is 0.289 e. The molecular formula is C10H13ClF3NO2. The summed E-state index contributed by atoms with van der Waals surface area (Å²) in [6, 6.07) is 1.50. The van der Waals surface area contributed by atoms with E-state index in [1.807, 2.05) is 0 Å². The molecule has 0 bridgehead atoms. The largest absolute Gasteiger partial charge is 0.494 e. The summed E-state index contributed by atoms with van der Waals surface area (Å²) < 4.78 is 43.8. The molecule has 0 aliphatic rings. The standard InChI is InChI=1S/C10H12F3NO2.ClH/c1-16-8-4-6(2-3-7(8)11)9(14)10(12,13)5-15;/h2-4,9,15H,5,14H2,1H3;1H/t9-;/m1./s1. The van der Waals surface area contributed by atoms with Gasteiger partial charge in [0, 0.05) is 0 Å². The molecule has 17 heavy (non-hydrogen) atoms. The fourth-order valence-corrected chi connectivity index (χ4v) is 1.21. The maximum atomic E-state index is 13.1. The molecule has 1 aromatic carbocycles. The van der Waals surface area contributed by atoms with Crippen molar-refractivity contribution in [3.63, 3.8) is 0 Å². The van der Waals surface area contributed by atoms with Crippen LogP contribution in [0, 0.1) is 5.82 Å². The summed E-state index contributed by atoms with van der Waals surface area (Å²) in [7, 11) is 1.22. The van der Waals surface area contributed by atoms with Crippen molar-refractivity contribution in [2.45, 2.75) is 12.0 Å². The van der Waals surface area contributed by atoms with Crippen molar-refractivity contribution in [1.82, 2.24) is 0 Å². The second kappa shape index (κ2) is 6.09. The zero-order valence-corrected chi connectivity index (χ0v) is 9.81. The van der Waals surface area contributed by atoms with E-state index in [4.69, 9.17) is 10.8 Å². The molecule has 0 fully saturated rings. The van der Waals surface area contributed by atoms with Crippen LogP contribution in [-0.2, 0) is 0 Å². The highest BCUT2D eigenvalue weighted by molar-refractivity contribution is 5.85. The maximum Gasteiger partial charge on any atom is 0.289 e. The normalized spacial score (nSPS) is 12.8. The summed E-state index contributed by atoms with van der Waals surface area (Å²) in [6.07, 6.45) is 0. The quantitative estimate of drug-likeness (QED) is 0.879. The molecule has 0 unspecified atom stereocenters. The lowest BCUT2D eigenvalue weighted by molar-refractivity contribution is -0.0712. The number of aliphatic hydroxyl groups excluding tert-OH is 1. The number of rotatable bonds is 4. The molecule has 1 aromatic rings. The molecule has 0 heterocycles. The third kappa shape index (κ3) is 3.49. The van der Waals surface area contributed by atoms with Gasteiger partial charge < -0.3 is 15.6 Å². The third-order valence-electron chi connectivity index (χ3n) is 2.20. The van der Waals surface area contributed by atoms with Gasteiger partial charge in [0.05, 0.1) is 13.2 Å². The Labute approximate surface area is 103 Å². The average Bonchev–Trinajstić information content (AvgIpc) is 2.28. The van der Waals surface area contributed by atoms with Crippen LogP contribution < -0.4 is 10.5 Å². The van der Waals surface area contributed by atoms with Crippen LogP contribution in [0.2, 0.25) is 0 Å². The van der Waals surface area contributed by atoms with E-state index in [-0.39, 0.29) is 23.7 Å². The number of hydrogen-bond donors (Lipinski definition) is 2. The Morgan fingerprint density at radius 1 is 1.47 bits per heavy atom. The highest BCUT2D eigenvalue weighted by Gasteiger charge is 2.37. The Bertz CT molecular complexity index is 377. The summed E-state index contributed by atoms with van der Waals surface area (Å²) in [6.45, 7) is -1.37. The van der Waals surface area contributed by atoms with Crippen molar-refractivity contribution in [1.29, 1.82) is 0 Å². The van der Waals surface area contributed by atoms with Gasteiger partial charge >= 0.3 is 0 Å². The lowest BCUT2D eigenvalue weighted by atomic mass is 10.0. The van der Waals surface area contributed by atoms with Crippen LogP contribution in [-0.4, -0.2) is 24.7 Å². The van der Waals surface area contributed by atoms with Gasteiger partial charge in [-0.2, -0.15) is 0 Å². The molecule has 3 N–H and O–H groups in total. The van der Waals surface area contributed by atoms with Gasteiger partial charge in [0.15, 0.2) is 11.6 Å². The van der Waals surface area contributed by atoms with Crippen LogP contribution in [0.15, 0.2) is 18.2 Å². The van der Waals surface area contributed by atoms with Gasteiger partial charge in [-0.3, -0.25) is 0 Å². The summed E-state index contributed by atoms with van der Waals surface area (Å²) >= 11 is 0. The van der Waals surface area contributed by atoms with Gasteiger partial charge in [-0.15, -0.1) is 12.4 Å². The highest BCUT2D eigenvalue weighted by Crippen LogP contribution is 2.31. The minimum Gasteiger partial charge on any atom is -0.494 e. The molecule has 0 saturated heterocycles. The first-order chi connectivity index (χ1) is 7.42. The van der Waals surface area contributed by atoms with E-state index in [1.54, 1.807) is 0 Å². The molecule has 1 atom stereocenters. The highest BCUT2D eigenvalue weighted by atomic mass is 35.5. The van der Waals surface area contributed by atoms with Crippen molar-refractivity contribution < 1.29 is 23.0 Å². The Kier molecular flexibility index (Phi) is 5.74. The molecule has 7 heteroatoms. The number of aliphatic hydroxyl groups is 1. The summed E-state index contributed by atoms with van der Waals surface area (Å²) in [5, 5.41) is 8.47. The number of alkyl halides is 2. The molecule has 98 valence electrons. The maximum absolute atomic E-state index is 13.1. The Hall–Kier alpha value is -0.980. The van der Waals surface area contributed by atoms with Crippen LogP contribution in [0.5, 0.6) is 5.75 Å². The number of nitrogens with two attached hydrogens (primary N) is 1. The van der Waals surface area contributed by atoms with Crippen LogP contribution in [0.1, 0.15) is 11.6 Å². The van der Waals surface area contributed by atoms with E-state index in [1.165, 1.54) is 7.11 Å². The fourth-order valence-electron chi connectivity index (χ4n) is 1.21. The fraction of sp³-hybridized carbons (Fsp3) is 0.400. The minimum atomic E-state index is -3.46. The Morgan fingerprint density at radius 3 is 2.53 bits per heavy atom. The number of halogens is 4. The molecule has 1 rings (SSSR count). The molecule has 0 spiro atoms. The van der Waals surface area contributed by atoms with Crippen LogP contribution in [0.25, 0.3) is 0 Å². The van der Waals surface area contributed by atoms with Gasteiger partial charge in [0.2, 0.25) is 0 Å². The zero-order chi connectivity index (χ0) is 12.3. The molecule has 0 aliphatic carbocycles.